The number of nitrogen functional groups attached to an aromatic ring is 1. The standard InChI is InChI=1S/C9H9N3O2S2.2H2O/c10-7-1-3-8(4-2-7)16(13,14)12-9-11-5-6-15-9;;/h1-6H,10H2,(H,11,12);2*1H2. The second-order valence-electron chi connectivity index (χ2n) is 3.01. The van der Waals surface area contributed by atoms with Crippen molar-refractivity contribution >= 4 is 32.2 Å². The van der Waals surface area contributed by atoms with Gasteiger partial charge in [-0.05, 0) is 24.3 Å². The van der Waals surface area contributed by atoms with Crippen molar-refractivity contribution in [2.75, 3.05) is 10.5 Å². The first-order valence-electron chi connectivity index (χ1n) is 4.36. The lowest BCUT2D eigenvalue weighted by atomic mass is 10.3. The van der Waals surface area contributed by atoms with Crippen LogP contribution in [0.1, 0.15) is 0 Å². The fraction of sp³-hybridized carbons (Fsp3) is 0. The van der Waals surface area contributed by atoms with Crippen molar-refractivity contribution in [2.24, 2.45) is 0 Å². The molecule has 1 aromatic heterocycles. The van der Waals surface area contributed by atoms with Crippen molar-refractivity contribution in [2.45, 2.75) is 4.90 Å². The lowest BCUT2D eigenvalue weighted by Gasteiger charge is -2.04. The summed E-state index contributed by atoms with van der Waals surface area (Å²) in [5, 5.41) is 2.04. The molecule has 0 unspecified atom stereocenters. The van der Waals surface area contributed by atoms with Crippen LogP contribution in [0.5, 0.6) is 0 Å². The molecular weight excluding hydrogens is 278 g/mol. The Bertz CT molecular complexity index is 566. The lowest BCUT2D eigenvalue weighted by molar-refractivity contribution is 0.601. The number of hydrogen-bond donors (Lipinski definition) is 2. The molecule has 7 nitrogen and oxygen atoms in total. The van der Waals surface area contributed by atoms with Crippen LogP contribution in [0.15, 0.2) is 40.7 Å². The summed E-state index contributed by atoms with van der Waals surface area (Å²) in [6.45, 7) is 0. The third-order valence-electron chi connectivity index (χ3n) is 1.84. The van der Waals surface area contributed by atoms with E-state index in [-0.39, 0.29) is 15.8 Å². The first-order chi connectivity index (χ1) is 7.58. The van der Waals surface area contributed by atoms with Gasteiger partial charge in [-0.3, -0.25) is 4.72 Å². The van der Waals surface area contributed by atoms with Crippen LogP contribution in [-0.2, 0) is 10.0 Å². The number of aromatic nitrogens is 1. The first kappa shape index (κ1) is 16.3. The molecule has 0 saturated carbocycles. The molecule has 2 rings (SSSR count). The molecule has 100 valence electrons. The van der Waals surface area contributed by atoms with Crippen molar-refractivity contribution in [3.05, 3.63) is 35.8 Å². The summed E-state index contributed by atoms with van der Waals surface area (Å²) in [5.41, 5.74) is 6.00. The monoisotopic (exact) mass is 291 g/mol. The number of thiazole rings is 1. The highest BCUT2D eigenvalue weighted by atomic mass is 32.2. The molecule has 0 fully saturated rings. The normalized spacial score (nSPS) is 10.0. The maximum absolute atomic E-state index is 11.8. The molecule has 0 bridgehead atoms. The summed E-state index contributed by atoms with van der Waals surface area (Å²) in [6.07, 6.45) is 1.53. The molecular formula is C9H13N3O4S2. The van der Waals surface area contributed by atoms with Crippen LogP contribution in [-0.4, -0.2) is 24.4 Å². The van der Waals surface area contributed by atoms with E-state index in [0.29, 0.717) is 10.8 Å². The highest BCUT2D eigenvalue weighted by Crippen LogP contribution is 2.18. The van der Waals surface area contributed by atoms with E-state index in [1.165, 1.54) is 41.8 Å². The van der Waals surface area contributed by atoms with E-state index >= 15 is 0 Å². The van der Waals surface area contributed by atoms with Crippen LogP contribution in [0, 0.1) is 0 Å². The van der Waals surface area contributed by atoms with E-state index in [4.69, 9.17) is 5.73 Å². The average molecular weight is 291 g/mol. The van der Waals surface area contributed by atoms with Crippen LogP contribution in [0.25, 0.3) is 0 Å². The minimum atomic E-state index is -3.56. The third kappa shape index (κ3) is 3.67. The number of nitrogens with one attached hydrogen (secondary N) is 1. The fourth-order valence-electron chi connectivity index (χ4n) is 1.09. The average Bonchev–Trinajstić information content (AvgIpc) is 2.70. The summed E-state index contributed by atoms with van der Waals surface area (Å²) < 4.78 is 26.0. The number of benzene rings is 1. The second kappa shape index (κ2) is 6.31. The zero-order chi connectivity index (χ0) is 11.6. The first-order valence-corrected chi connectivity index (χ1v) is 6.72. The molecule has 0 aliphatic carbocycles. The molecule has 0 aliphatic rings. The zero-order valence-electron chi connectivity index (χ0n) is 9.12. The molecule has 1 heterocycles. The van der Waals surface area contributed by atoms with Crippen molar-refractivity contribution in [3.63, 3.8) is 0 Å². The Morgan fingerprint density at radius 3 is 2.28 bits per heavy atom. The van der Waals surface area contributed by atoms with Gasteiger partial charge in [0.25, 0.3) is 10.0 Å². The Labute approximate surface area is 108 Å². The number of rotatable bonds is 3. The van der Waals surface area contributed by atoms with E-state index in [9.17, 15) is 8.42 Å². The maximum atomic E-state index is 11.8. The van der Waals surface area contributed by atoms with Crippen LogP contribution >= 0.6 is 11.3 Å². The Hall–Kier alpha value is -1.68. The van der Waals surface area contributed by atoms with Gasteiger partial charge < -0.3 is 16.7 Å². The SMILES string of the molecule is Nc1ccc(S(=O)(=O)Nc2nccs2)cc1.O.O. The van der Waals surface area contributed by atoms with Crippen LogP contribution < -0.4 is 10.5 Å². The molecule has 2 aromatic rings. The number of nitrogens with two attached hydrogens (primary N) is 1. The van der Waals surface area contributed by atoms with Gasteiger partial charge in [0.15, 0.2) is 5.13 Å². The minimum Gasteiger partial charge on any atom is -0.412 e. The van der Waals surface area contributed by atoms with Crippen molar-refractivity contribution in [1.82, 2.24) is 4.98 Å². The predicted molar refractivity (Wildman–Crippen MR) is 71.0 cm³/mol. The minimum absolute atomic E-state index is 0. The van der Waals surface area contributed by atoms with Crippen molar-refractivity contribution in [3.8, 4) is 0 Å². The van der Waals surface area contributed by atoms with Gasteiger partial charge in [-0.2, -0.15) is 0 Å². The van der Waals surface area contributed by atoms with Crippen molar-refractivity contribution < 1.29 is 19.4 Å². The maximum Gasteiger partial charge on any atom is 0.263 e. The summed E-state index contributed by atoms with van der Waals surface area (Å²) in [6, 6.07) is 5.98. The van der Waals surface area contributed by atoms with Gasteiger partial charge in [0.2, 0.25) is 0 Å². The Morgan fingerprint density at radius 2 is 1.78 bits per heavy atom. The fourth-order valence-corrected chi connectivity index (χ4v) is 2.88. The topological polar surface area (TPSA) is 148 Å². The molecule has 0 spiro atoms. The van der Waals surface area contributed by atoms with E-state index in [1.54, 1.807) is 5.38 Å². The van der Waals surface area contributed by atoms with E-state index in [2.05, 4.69) is 9.71 Å². The van der Waals surface area contributed by atoms with Crippen molar-refractivity contribution in [1.29, 1.82) is 0 Å². The molecule has 0 radical (unpaired) electrons. The Morgan fingerprint density at radius 1 is 1.17 bits per heavy atom. The molecule has 1 aromatic carbocycles. The Balaban J connectivity index is 0.00000144. The van der Waals surface area contributed by atoms with Crippen LogP contribution in [0.3, 0.4) is 0 Å². The number of hydrogen-bond acceptors (Lipinski definition) is 5. The van der Waals surface area contributed by atoms with Gasteiger partial charge >= 0.3 is 0 Å². The van der Waals surface area contributed by atoms with E-state index < -0.39 is 10.0 Å². The molecule has 0 atom stereocenters. The molecule has 18 heavy (non-hydrogen) atoms. The largest absolute Gasteiger partial charge is 0.412 e. The highest BCUT2D eigenvalue weighted by Gasteiger charge is 2.14. The zero-order valence-corrected chi connectivity index (χ0v) is 10.8. The van der Waals surface area contributed by atoms with Gasteiger partial charge in [0.05, 0.1) is 4.90 Å². The van der Waals surface area contributed by atoms with Gasteiger partial charge in [-0.25, -0.2) is 13.4 Å². The molecule has 0 saturated heterocycles. The third-order valence-corrected chi connectivity index (χ3v) is 4.02. The molecule has 0 aliphatic heterocycles. The summed E-state index contributed by atoms with van der Waals surface area (Å²) in [4.78, 5) is 4.01. The lowest BCUT2D eigenvalue weighted by Crippen LogP contribution is -2.12. The molecule has 0 amide bonds. The Kier molecular flexibility index (Phi) is 5.72. The van der Waals surface area contributed by atoms with Gasteiger partial charge in [-0.15, -0.1) is 11.3 Å². The summed E-state index contributed by atoms with van der Waals surface area (Å²) >= 11 is 1.22. The van der Waals surface area contributed by atoms with Gasteiger partial charge in [-0.1, -0.05) is 0 Å². The number of nitrogens with zero attached hydrogens (tertiary/aromatic N) is 1. The number of sulfonamides is 1. The second-order valence-corrected chi connectivity index (χ2v) is 5.59. The highest BCUT2D eigenvalue weighted by molar-refractivity contribution is 7.93. The van der Waals surface area contributed by atoms with E-state index in [0.717, 1.165) is 0 Å². The summed E-state index contributed by atoms with van der Waals surface area (Å²) in [7, 11) is -3.56. The van der Waals surface area contributed by atoms with Gasteiger partial charge in [0.1, 0.15) is 0 Å². The van der Waals surface area contributed by atoms with E-state index in [1.807, 2.05) is 0 Å². The quantitative estimate of drug-likeness (QED) is 0.758. The smallest absolute Gasteiger partial charge is 0.263 e. The molecule has 9 heteroatoms. The molecule has 7 N–H and O–H groups in total. The van der Waals surface area contributed by atoms with Crippen LogP contribution in [0.2, 0.25) is 0 Å². The predicted octanol–water partition coefficient (Wildman–Crippen LogP) is -0.123. The van der Waals surface area contributed by atoms with Crippen LogP contribution in [0.4, 0.5) is 10.8 Å². The number of anilines is 2. The summed E-state index contributed by atoms with van der Waals surface area (Å²) in [5.74, 6) is 0. The van der Waals surface area contributed by atoms with Gasteiger partial charge in [0, 0.05) is 17.3 Å².